The van der Waals surface area contributed by atoms with Crippen LogP contribution in [0.1, 0.15) is 12.5 Å². The molecule has 2 N–H and O–H groups in total. The minimum Gasteiger partial charge on any atom is -0.492 e. The third-order valence-electron chi connectivity index (χ3n) is 3.71. The highest BCUT2D eigenvalue weighted by Crippen LogP contribution is 2.30. The molecule has 0 aromatic heterocycles. The van der Waals surface area contributed by atoms with Gasteiger partial charge in [-0.25, -0.2) is 5.43 Å². The van der Waals surface area contributed by atoms with Gasteiger partial charge in [0.05, 0.1) is 17.0 Å². The number of hydrogen-bond donors (Lipinski definition) is 2. The van der Waals surface area contributed by atoms with Crippen LogP contribution < -0.4 is 15.5 Å². The molecule has 2 aliphatic heterocycles. The average molecular weight is 312 g/mol. The maximum absolute atomic E-state index is 11.8. The van der Waals surface area contributed by atoms with Crippen LogP contribution in [0, 0.1) is 0 Å². The zero-order chi connectivity index (χ0) is 16.4. The quantitative estimate of drug-likeness (QED) is 0.833. The first-order valence-corrected chi connectivity index (χ1v) is 7.50. The summed E-state index contributed by atoms with van der Waals surface area (Å²) in [5.41, 5.74) is 6.48. The number of nitrogens with zero attached hydrogens (tertiary/aromatic N) is 2. The number of fused-ring (bicyclic) bond motifs is 1. The van der Waals surface area contributed by atoms with Crippen LogP contribution in [-0.2, 0) is 4.79 Å². The molecule has 0 unspecified atom stereocenters. The van der Waals surface area contributed by atoms with Gasteiger partial charge in [0.15, 0.2) is 0 Å². The number of likely N-dealkylation sites (N-methyl/N-ethyl adjacent to an activating group) is 1. The second kappa shape index (κ2) is 6.26. The van der Waals surface area contributed by atoms with E-state index in [-0.39, 0.29) is 5.91 Å². The summed E-state index contributed by atoms with van der Waals surface area (Å²) >= 11 is 0. The summed E-state index contributed by atoms with van der Waals surface area (Å²) in [6.45, 7) is 3.33. The second-order valence-corrected chi connectivity index (χ2v) is 5.79. The van der Waals surface area contributed by atoms with Crippen molar-refractivity contribution in [2.45, 2.75) is 6.92 Å². The van der Waals surface area contributed by atoms with Crippen molar-refractivity contribution in [1.82, 2.24) is 10.3 Å². The molecule has 0 atom stereocenters. The number of ether oxygens (including phenoxy) is 1. The van der Waals surface area contributed by atoms with Gasteiger partial charge in [0, 0.05) is 17.8 Å². The number of allylic oxidation sites excluding steroid dienone is 1. The molecule has 0 saturated heterocycles. The van der Waals surface area contributed by atoms with Crippen LogP contribution in [0.4, 0.5) is 5.69 Å². The molecular weight excluding hydrogens is 292 g/mol. The predicted octanol–water partition coefficient (Wildman–Crippen LogP) is 1.83. The smallest absolute Gasteiger partial charge is 0.275 e. The number of amides is 1. The van der Waals surface area contributed by atoms with Crippen LogP contribution in [0.25, 0.3) is 6.08 Å². The van der Waals surface area contributed by atoms with Gasteiger partial charge in [0.1, 0.15) is 12.4 Å². The fourth-order valence-corrected chi connectivity index (χ4v) is 2.46. The molecule has 3 rings (SSSR count). The van der Waals surface area contributed by atoms with Gasteiger partial charge in [-0.15, -0.1) is 0 Å². The first-order chi connectivity index (χ1) is 11.0. The van der Waals surface area contributed by atoms with E-state index < -0.39 is 0 Å². The number of carbonyl (C=O) groups is 1. The van der Waals surface area contributed by atoms with Crippen LogP contribution in [0.15, 0.2) is 40.6 Å². The number of benzene rings is 1. The minimum atomic E-state index is -0.179. The van der Waals surface area contributed by atoms with Crippen LogP contribution in [-0.4, -0.2) is 43.8 Å². The maximum atomic E-state index is 11.8. The molecule has 6 heteroatoms. The van der Waals surface area contributed by atoms with Crippen LogP contribution >= 0.6 is 0 Å². The van der Waals surface area contributed by atoms with Gasteiger partial charge in [-0.1, -0.05) is 6.08 Å². The molecule has 1 aromatic carbocycles. The van der Waals surface area contributed by atoms with Gasteiger partial charge < -0.3 is 15.0 Å². The van der Waals surface area contributed by atoms with E-state index in [9.17, 15) is 4.79 Å². The first-order valence-electron chi connectivity index (χ1n) is 7.50. The summed E-state index contributed by atoms with van der Waals surface area (Å²) in [6, 6.07) is 5.88. The third kappa shape index (κ3) is 3.27. The van der Waals surface area contributed by atoms with Gasteiger partial charge in [-0.2, -0.15) is 5.10 Å². The summed E-state index contributed by atoms with van der Waals surface area (Å²) in [7, 11) is 4.03. The standard InChI is InChI=1S/C17H20N4O2/c1-11-16(17(22)20-19-11)15-6-4-12-10-13(5-7-14(12)18-15)23-9-8-21(2)3/h4-7,10,18H,8-9H2,1-3H3,(H,20,22)/b16-15-. The molecule has 2 heterocycles. The molecule has 1 amide bonds. The number of hydrazone groups is 1. The Morgan fingerprint density at radius 3 is 2.78 bits per heavy atom. The van der Waals surface area contributed by atoms with Crippen molar-refractivity contribution in [3.8, 4) is 5.75 Å². The van der Waals surface area contributed by atoms with Gasteiger partial charge >= 0.3 is 0 Å². The van der Waals surface area contributed by atoms with E-state index in [1.54, 1.807) is 0 Å². The van der Waals surface area contributed by atoms with E-state index in [2.05, 4.69) is 20.7 Å². The lowest BCUT2D eigenvalue weighted by Gasteiger charge is -2.18. The Morgan fingerprint density at radius 1 is 1.26 bits per heavy atom. The maximum Gasteiger partial charge on any atom is 0.275 e. The predicted molar refractivity (Wildman–Crippen MR) is 91.4 cm³/mol. The lowest BCUT2D eigenvalue weighted by atomic mass is 10.0. The monoisotopic (exact) mass is 312 g/mol. The zero-order valence-electron chi connectivity index (χ0n) is 13.5. The fraction of sp³-hybridized carbons (Fsp3) is 0.294. The Bertz CT molecular complexity index is 732. The molecular formula is C17H20N4O2. The van der Waals surface area contributed by atoms with E-state index in [0.717, 1.165) is 29.2 Å². The van der Waals surface area contributed by atoms with Crippen LogP contribution in [0.5, 0.6) is 5.75 Å². The van der Waals surface area contributed by atoms with Gasteiger partial charge in [0.2, 0.25) is 0 Å². The molecule has 1 aromatic rings. The van der Waals surface area contributed by atoms with Crippen molar-refractivity contribution in [3.63, 3.8) is 0 Å². The molecule has 6 nitrogen and oxygen atoms in total. The summed E-state index contributed by atoms with van der Waals surface area (Å²) in [5, 5.41) is 7.24. The van der Waals surface area contributed by atoms with Crippen molar-refractivity contribution in [2.75, 3.05) is 32.6 Å². The lowest BCUT2D eigenvalue weighted by molar-refractivity contribution is -0.116. The van der Waals surface area contributed by atoms with Crippen molar-refractivity contribution in [1.29, 1.82) is 0 Å². The summed E-state index contributed by atoms with van der Waals surface area (Å²) in [5.74, 6) is 0.659. The second-order valence-electron chi connectivity index (χ2n) is 5.79. The highest BCUT2D eigenvalue weighted by molar-refractivity contribution is 6.25. The summed E-state index contributed by atoms with van der Waals surface area (Å²) < 4.78 is 5.75. The highest BCUT2D eigenvalue weighted by atomic mass is 16.5. The molecule has 120 valence electrons. The van der Waals surface area contributed by atoms with E-state index in [4.69, 9.17) is 4.74 Å². The minimum absolute atomic E-state index is 0.179. The summed E-state index contributed by atoms with van der Waals surface area (Å²) in [4.78, 5) is 13.9. The third-order valence-corrected chi connectivity index (χ3v) is 3.71. The van der Waals surface area contributed by atoms with Gasteiger partial charge in [-0.05, 0) is 45.3 Å². The first kappa shape index (κ1) is 15.3. The highest BCUT2D eigenvalue weighted by Gasteiger charge is 2.24. The molecule has 0 saturated carbocycles. The van der Waals surface area contributed by atoms with E-state index in [0.29, 0.717) is 17.9 Å². The van der Waals surface area contributed by atoms with Crippen molar-refractivity contribution < 1.29 is 9.53 Å². The molecule has 0 fully saturated rings. The SMILES string of the molecule is CC1=NNC(=O)/C1=C1/C=Cc2cc(OCCN(C)C)ccc2N1. The molecule has 0 radical (unpaired) electrons. The van der Waals surface area contributed by atoms with Crippen molar-refractivity contribution in [3.05, 3.63) is 41.1 Å². The average Bonchev–Trinajstić information content (AvgIpc) is 2.85. The van der Waals surface area contributed by atoms with E-state index in [1.807, 2.05) is 51.4 Å². The molecule has 2 aliphatic rings. The van der Waals surface area contributed by atoms with Crippen molar-refractivity contribution in [2.24, 2.45) is 5.10 Å². The van der Waals surface area contributed by atoms with Crippen molar-refractivity contribution >= 4 is 23.4 Å². The summed E-state index contributed by atoms with van der Waals surface area (Å²) in [6.07, 6.45) is 3.87. The number of hydrogen-bond acceptors (Lipinski definition) is 5. The lowest BCUT2D eigenvalue weighted by Crippen LogP contribution is -2.19. The van der Waals surface area contributed by atoms with Gasteiger partial charge in [-0.3, -0.25) is 4.79 Å². The van der Waals surface area contributed by atoms with Crippen LogP contribution in [0.3, 0.4) is 0 Å². The fourth-order valence-electron chi connectivity index (χ4n) is 2.46. The largest absolute Gasteiger partial charge is 0.492 e. The Kier molecular flexibility index (Phi) is 4.16. The number of carbonyl (C=O) groups excluding carboxylic acids is 1. The molecule has 0 bridgehead atoms. The number of anilines is 1. The molecule has 23 heavy (non-hydrogen) atoms. The Morgan fingerprint density at radius 2 is 2.09 bits per heavy atom. The van der Waals surface area contributed by atoms with E-state index >= 15 is 0 Å². The topological polar surface area (TPSA) is 66.0 Å². The van der Waals surface area contributed by atoms with Gasteiger partial charge in [0.25, 0.3) is 5.91 Å². The zero-order valence-corrected chi connectivity index (χ0v) is 13.5. The van der Waals surface area contributed by atoms with Crippen LogP contribution in [0.2, 0.25) is 0 Å². The number of nitrogens with one attached hydrogen (secondary N) is 2. The molecule has 0 aliphatic carbocycles. The molecule has 0 spiro atoms. The Labute approximate surface area is 135 Å². The van der Waals surface area contributed by atoms with E-state index in [1.165, 1.54) is 0 Å². The Balaban J connectivity index is 1.78. The Hall–Kier alpha value is -2.60. The number of rotatable bonds is 4. The normalized spacial score (nSPS) is 19.3.